The topological polar surface area (TPSA) is 33.7 Å². The van der Waals surface area contributed by atoms with Gasteiger partial charge in [-0.25, -0.2) is 0 Å². The average molecular weight is 248 g/mol. The number of benzene rings is 1. The van der Waals surface area contributed by atoms with Crippen molar-refractivity contribution in [2.24, 2.45) is 0 Å². The molecular weight excluding hydrogens is 228 g/mol. The second-order valence-corrected chi connectivity index (χ2v) is 4.95. The lowest BCUT2D eigenvalue weighted by atomic mass is 10.2. The molecule has 2 aliphatic heterocycles. The van der Waals surface area contributed by atoms with Gasteiger partial charge in [0.2, 0.25) is 0 Å². The van der Waals surface area contributed by atoms with Gasteiger partial charge in [-0.2, -0.15) is 0 Å². The molecule has 3 rings (SSSR count). The van der Waals surface area contributed by atoms with Crippen LogP contribution in [0.25, 0.3) is 0 Å². The van der Waals surface area contributed by atoms with Crippen molar-refractivity contribution in [3.63, 3.8) is 0 Å². The van der Waals surface area contributed by atoms with Crippen LogP contribution in [-0.2, 0) is 11.3 Å². The van der Waals surface area contributed by atoms with E-state index >= 15 is 0 Å². The number of nitrogens with zero attached hydrogens (tertiary/aromatic N) is 1. The van der Waals surface area contributed by atoms with Crippen LogP contribution in [-0.4, -0.2) is 50.4 Å². The Morgan fingerprint density at radius 3 is 2.50 bits per heavy atom. The lowest BCUT2D eigenvalue weighted by molar-refractivity contribution is -0.0796. The molecule has 98 valence electrons. The maximum atomic E-state index is 5.75. The molecule has 2 heterocycles. The van der Waals surface area contributed by atoms with Crippen LogP contribution in [0.4, 0.5) is 0 Å². The molecule has 0 saturated carbocycles. The van der Waals surface area contributed by atoms with E-state index in [2.05, 4.69) is 34.5 Å². The lowest BCUT2D eigenvalue weighted by Gasteiger charge is -2.28. The first-order valence-electron chi connectivity index (χ1n) is 6.66. The molecule has 1 aromatic carbocycles. The second kappa shape index (κ2) is 5.69. The Morgan fingerprint density at radius 1 is 1.17 bits per heavy atom. The summed E-state index contributed by atoms with van der Waals surface area (Å²) in [7, 11) is 0. The largest absolute Gasteiger partial charge is 0.486 e. The van der Waals surface area contributed by atoms with Crippen molar-refractivity contribution >= 4 is 0 Å². The minimum atomic E-state index is 0.254. The molecule has 0 unspecified atom stereocenters. The van der Waals surface area contributed by atoms with Crippen LogP contribution in [0, 0.1) is 0 Å². The average Bonchev–Trinajstić information content (AvgIpc) is 2.37. The zero-order valence-corrected chi connectivity index (χ0v) is 10.6. The Morgan fingerprint density at radius 2 is 1.89 bits per heavy atom. The van der Waals surface area contributed by atoms with E-state index in [1.54, 1.807) is 0 Å². The Hall–Kier alpha value is -1.10. The Balaban J connectivity index is 1.52. The SMILES string of the molecule is c1cc(OC2COC2)ccc1CN1CCNCC1. The van der Waals surface area contributed by atoms with Gasteiger partial charge in [0.1, 0.15) is 11.9 Å². The highest BCUT2D eigenvalue weighted by Crippen LogP contribution is 2.17. The normalized spacial score (nSPS) is 21.6. The second-order valence-electron chi connectivity index (χ2n) is 4.95. The first kappa shape index (κ1) is 12.0. The van der Waals surface area contributed by atoms with Crippen molar-refractivity contribution in [2.45, 2.75) is 12.6 Å². The highest BCUT2D eigenvalue weighted by Gasteiger charge is 2.19. The molecular formula is C14H20N2O2. The van der Waals surface area contributed by atoms with Gasteiger partial charge in [0.25, 0.3) is 0 Å². The minimum absolute atomic E-state index is 0.254. The summed E-state index contributed by atoms with van der Waals surface area (Å²) >= 11 is 0. The van der Waals surface area contributed by atoms with Crippen LogP contribution < -0.4 is 10.1 Å². The molecule has 2 fully saturated rings. The third-order valence-corrected chi connectivity index (χ3v) is 3.45. The molecule has 0 aromatic heterocycles. The van der Waals surface area contributed by atoms with Crippen LogP contribution in [0.1, 0.15) is 5.56 Å². The minimum Gasteiger partial charge on any atom is -0.486 e. The fourth-order valence-electron chi connectivity index (χ4n) is 2.28. The summed E-state index contributed by atoms with van der Waals surface area (Å²) in [6.07, 6.45) is 0.254. The van der Waals surface area contributed by atoms with Crippen molar-refractivity contribution in [1.82, 2.24) is 10.2 Å². The lowest BCUT2D eigenvalue weighted by Crippen LogP contribution is -2.42. The van der Waals surface area contributed by atoms with Gasteiger partial charge >= 0.3 is 0 Å². The third-order valence-electron chi connectivity index (χ3n) is 3.45. The van der Waals surface area contributed by atoms with Crippen molar-refractivity contribution < 1.29 is 9.47 Å². The predicted molar refractivity (Wildman–Crippen MR) is 69.8 cm³/mol. The molecule has 1 aromatic rings. The van der Waals surface area contributed by atoms with Crippen molar-refractivity contribution in [3.05, 3.63) is 29.8 Å². The summed E-state index contributed by atoms with van der Waals surface area (Å²) in [5, 5.41) is 3.37. The molecule has 2 aliphatic rings. The summed E-state index contributed by atoms with van der Waals surface area (Å²) in [5.74, 6) is 0.951. The number of hydrogen-bond donors (Lipinski definition) is 1. The van der Waals surface area contributed by atoms with Gasteiger partial charge in [-0.3, -0.25) is 4.90 Å². The fourth-order valence-corrected chi connectivity index (χ4v) is 2.28. The first-order valence-corrected chi connectivity index (χ1v) is 6.66. The smallest absolute Gasteiger partial charge is 0.145 e. The highest BCUT2D eigenvalue weighted by molar-refractivity contribution is 5.27. The van der Waals surface area contributed by atoms with Crippen molar-refractivity contribution in [3.8, 4) is 5.75 Å². The molecule has 0 bridgehead atoms. The Bertz CT molecular complexity index is 370. The van der Waals surface area contributed by atoms with E-state index in [1.165, 1.54) is 5.56 Å². The molecule has 0 aliphatic carbocycles. The van der Waals surface area contributed by atoms with Crippen LogP contribution in [0.5, 0.6) is 5.75 Å². The highest BCUT2D eigenvalue weighted by atomic mass is 16.6. The molecule has 0 amide bonds. The van der Waals surface area contributed by atoms with E-state index < -0.39 is 0 Å². The molecule has 0 spiro atoms. The molecule has 2 saturated heterocycles. The molecule has 0 atom stereocenters. The van der Waals surface area contributed by atoms with Crippen LogP contribution in [0.2, 0.25) is 0 Å². The fraction of sp³-hybridized carbons (Fsp3) is 0.571. The standard InChI is InChI=1S/C14H20N2O2/c1-3-13(18-14-10-17-11-14)4-2-12(1)9-16-7-5-15-6-8-16/h1-4,14-15H,5-11H2. The number of nitrogens with one attached hydrogen (secondary N) is 1. The molecule has 0 radical (unpaired) electrons. The van der Waals surface area contributed by atoms with Gasteiger partial charge in [0.15, 0.2) is 0 Å². The van der Waals surface area contributed by atoms with E-state index in [4.69, 9.17) is 9.47 Å². The van der Waals surface area contributed by atoms with Gasteiger partial charge in [0.05, 0.1) is 13.2 Å². The van der Waals surface area contributed by atoms with Crippen molar-refractivity contribution in [1.29, 1.82) is 0 Å². The zero-order valence-electron chi connectivity index (χ0n) is 10.6. The van der Waals surface area contributed by atoms with Gasteiger partial charge in [-0.1, -0.05) is 12.1 Å². The first-order chi connectivity index (χ1) is 8.90. The van der Waals surface area contributed by atoms with Gasteiger partial charge < -0.3 is 14.8 Å². The number of rotatable bonds is 4. The number of hydrogen-bond acceptors (Lipinski definition) is 4. The maximum Gasteiger partial charge on any atom is 0.145 e. The number of piperazine rings is 1. The predicted octanol–water partition coefficient (Wildman–Crippen LogP) is 0.869. The summed E-state index contributed by atoms with van der Waals surface area (Å²) in [6, 6.07) is 8.46. The third kappa shape index (κ3) is 3.02. The zero-order chi connectivity index (χ0) is 12.2. The molecule has 18 heavy (non-hydrogen) atoms. The summed E-state index contributed by atoms with van der Waals surface area (Å²) in [5.41, 5.74) is 1.36. The molecule has 4 heteroatoms. The summed E-state index contributed by atoms with van der Waals surface area (Å²) in [6.45, 7) is 6.96. The van der Waals surface area contributed by atoms with Crippen LogP contribution >= 0.6 is 0 Å². The van der Waals surface area contributed by atoms with Gasteiger partial charge in [-0.05, 0) is 17.7 Å². The monoisotopic (exact) mass is 248 g/mol. The van der Waals surface area contributed by atoms with E-state index in [9.17, 15) is 0 Å². The Kier molecular flexibility index (Phi) is 3.78. The Labute approximate surface area is 108 Å². The van der Waals surface area contributed by atoms with Crippen LogP contribution in [0.3, 0.4) is 0 Å². The maximum absolute atomic E-state index is 5.75. The van der Waals surface area contributed by atoms with Gasteiger partial charge in [0, 0.05) is 32.7 Å². The molecule has 4 nitrogen and oxygen atoms in total. The quantitative estimate of drug-likeness (QED) is 0.857. The van der Waals surface area contributed by atoms with Crippen LogP contribution in [0.15, 0.2) is 24.3 Å². The number of ether oxygens (including phenoxy) is 2. The van der Waals surface area contributed by atoms with Gasteiger partial charge in [-0.15, -0.1) is 0 Å². The summed E-state index contributed by atoms with van der Waals surface area (Å²) < 4.78 is 10.8. The van der Waals surface area contributed by atoms with E-state index in [0.717, 1.165) is 51.7 Å². The summed E-state index contributed by atoms with van der Waals surface area (Å²) in [4.78, 5) is 2.48. The van der Waals surface area contributed by atoms with E-state index in [0.29, 0.717) is 0 Å². The van der Waals surface area contributed by atoms with Crippen molar-refractivity contribution in [2.75, 3.05) is 39.4 Å². The molecule has 1 N–H and O–H groups in total. The van der Waals surface area contributed by atoms with E-state index in [-0.39, 0.29) is 6.10 Å². The van der Waals surface area contributed by atoms with E-state index in [1.807, 2.05) is 0 Å².